The molecule has 0 unspecified atom stereocenters. The second-order valence-electron chi connectivity index (χ2n) is 4.31. The Balaban J connectivity index is 2.21. The van der Waals surface area contributed by atoms with E-state index in [0.717, 1.165) is 28.6 Å². The van der Waals surface area contributed by atoms with Gasteiger partial charge in [0.25, 0.3) is 0 Å². The van der Waals surface area contributed by atoms with Crippen molar-refractivity contribution >= 4 is 48.2 Å². The van der Waals surface area contributed by atoms with E-state index < -0.39 is 0 Å². The topological polar surface area (TPSA) is 70.2 Å². The molecule has 0 spiro atoms. The molecule has 1 aromatic carbocycles. The quantitative estimate of drug-likeness (QED) is 0.398. The number of ether oxygens (including phenoxy) is 1. The minimum atomic E-state index is -0.367. The van der Waals surface area contributed by atoms with Crippen molar-refractivity contribution < 1.29 is 9.66 Å². The van der Waals surface area contributed by atoms with Crippen molar-refractivity contribution in [2.24, 2.45) is 0 Å². The molecule has 0 radical (unpaired) electrons. The van der Waals surface area contributed by atoms with E-state index in [1.807, 2.05) is 8.57 Å². The van der Waals surface area contributed by atoms with Crippen LogP contribution in [0.15, 0.2) is 24.3 Å². The van der Waals surface area contributed by atoms with E-state index in [1.165, 1.54) is 6.07 Å². The second kappa shape index (κ2) is 5.00. The van der Waals surface area contributed by atoms with Crippen molar-refractivity contribution in [1.29, 1.82) is 0 Å². The molecular weight excluding hydrogens is 439 g/mol. The number of nitro groups is 1. The van der Waals surface area contributed by atoms with Gasteiger partial charge in [-0.05, 0) is 0 Å². The Morgan fingerprint density at radius 2 is 2.32 bits per heavy atom. The summed E-state index contributed by atoms with van der Waals surface area (Å²) in [6.07, 6.45) is 2.81. The van der Waals surface area contributed by atoms with Crippen LogP contribution in [0.4, 0.5) is 5.69 Å². The van der Waals surface area contributed by atoms with Crippen LogP contribution in [-0.4, -0.2) is 51.8 Å². The average molecular weight is 449 g/mol. The Morgan fingerprint density at radius 1 is 1.47 bits per heavy atom. The molecule has 19 heavy (non-hydrogen) atoms. The molecule has 1 aromatic heterocycles. The van der Waals surface area contributed by atoms with Gasteiger partial charge >= 0.3 is 125 Å². The molecule has 94 valence electrons. The molecule has 0 saturated heterocycles. The first-order valence-corrected chi connectivity index (χ1v) is 7.87. The van der Waals surface area contributed by atoms with Gasteiger partial charge in [-0.1, -0.05) is 0 Å². The second-order valence-corrected chi connectivity index (χ2v) is 6.21. The molecule has 1 aliphatic heterocycles. The predicted octanol–water partition coefficient (Wildman–Crippen LogP) is 1.68. The zero-order valence-electron chi connectivity index (χ0n) is 10.1. The third kappa shape index (κ3) is 2.29. The Bertz CT molecular complexity index is 693. The number of nitrogens with zero attached hydrogens (tertiary/aromatic N) is 3. The van der Waals surface area contributed by atoms with E-state index in [0.29, 0.717) is 39.3 Å². The number of fused-ring (bicyclic) bond motifs is 1. The molecule has 0 atom stereocenters. The number of benzene rings is 1. The summed E-state index contributed by atoms with van der Waals surface area (Å²) in [5.41, 5.74) is 3.07. The summed E-state index contributed by atoms with van der Waals surface area (Å²) < 4.78 is 7.21. The normalized spacial score (nSPS) is 15.4. The number of non-ortho nitro benzene ring substituents is 1. The van der Waals surface area contributed by atoms with Crippen LogP contribution >= 0.6 is 0 Å². The van der Waals surface area contributed by atoms with Crippen LogP contribution in [0.25, 0.3) is 16.5 Å². The van der Waals surface area contributed by atoms with Crippen molar-refractivity contribution in [1.82, 2.24) is 7.59 Å². The number of nitro benzene ring substituents is 1. The summed E-state index contributed by atoms with van der Waals surface area (Å²) in [5.74, 6) is 0. The van der Waals surface area contributed by atoms with Gasteiger partial charge < -0.3 is 0 Å². The fourth-order valence-corrected chi connectivity index (χ4v) is 3.55. The van der Waals surface area contributed by atoms with Gasteiger partial charge in [0.1, 0.15) is 0 Å². The van der Waals surface area contributed by atoms with Crippen molar-refractivity contribution in [2.75, 3.05) is 13.2 Å². The Morgan fingerprint density at radius 3 is 3.00 bits per heavy atom. The molecule has 0 fully saturated rings. The van der Waals surface area contributed by atoms with E-state index >= 15 is 0 Å². The van der Waals surface area contributed by atoms with Gasteiger partial charge in [0.15, 0.2) is 0 Å². The van der Waals surface area contributed by atoms with E-state index in [1.54, 1.807) is 12.1 Å². The number of rotatable bonds is 2. The molecule has 1 aliphatic rings. The van der Waals surface area contributed by atoms with Gasteiger partial charge in [-0.2, -0.15) is 0 Å². The van der Waals surface area contributed by atoms with E-state index in [-0.39, 0.29) is 10.6 Å². The molecule has 7 heteroatoms. The summed E-state index contributed by atoms with van der Waals surface area (Å²) in [4.78, 5) is 10.5. The summed E-state index contributed by atoms with van der Waals surface area (Å²) in [6.45, 7) is 1.26. The van der Waals surface area contributed by atoms with E-state index in [9.17, 15) is 10.1 Å². The molecule has 0 saturated carbocycles. The molecule has 0 bridgehead atoms. The third-order valence-electron chi connectivity index (χ3n) is 3.17. The molecule has 0 N–H and O–H groups in total. The van der Waals surface area contributed by atoms with Crippen molar-refractivity contribution in [3.8, 4) is 0 Å². The van der Waals surface area contributed by atoms with E-state index in [2.05, 4.69) is 5.10 Å². The molecule has 2 aromatic rings. The number of aromatic nitrogens is 2. The van der Waals surface area contributed by atoms with Gasteiger partial charge in [-0.25, -0.2) is 0 Å². The predicted molar refractivity (Wildman–Crippen MR) is 71.0 cm³/mol. The van der Waals surface area contributed by atoms with Crippen LogP contribution in [0.5, 0.6) is 0 Å². The maximum atomic E-state index is 10.9. The first kappa shape index (κ1) is 12.7. The third-order valence-corrected chi connectivity index (χ3v) is 4.70. The number of hydrogen-bond acceptors (Lipinski definition) is 4. The van der Waals surface area contributed by atoms with Crippen molar-refractivity contribution in [2.45, 2.75) is 6.42 Å². The monoisotopic (exact) mass is 449 g/mol. The standard InChI is InChI=1S/C12H10N3O3.Tl/c16-15(17)9-1-2-11-10(7-9)12(14-13-11)8-3-5-18-6-4-8;/h1-3,7H,4-6H2;/q-1;+1. The van der Waals surface area contributed by atoms with Gasteiger partial charge in [0.2, 0.25) is 0 Å². The van der Waals surface area contributed by atoms with Gasteiger partial charge in [-0.15, -0.1) is 0 Å². The minimum absolute atomic E-state index is 0.111. The fraction of sp³-hybridized carbons (Fsp3) is 0.250. The fourth-order valence-electron chi connectivity index (χ4n) is 2.22. The molecule has 6 nitrogen and oxygen atoms in total. The maximum absolute atomic E-state index is 10.9. The van der Waals surface area contributed by atoms with Crippen LogP contribution in [0.1, 0.15) is 12.1 Å². The Hall–Kier alpha value is -1.29. The Labute approximate surface area is 125 Å². The van der Waals surface area contributed by atoms with Gasteiger partial charge in [0.05, 0.1) is 0 Å². The van der Waals surface area contributed by atoms with Crippen LogP contribution in [0.2, 0.25) is 0 Å². The molecule has 0 amide bonds. The van der Waals surface area contributed by atoms with Crippen LogP contribution in [0, 0.1) is 10.1 Å². The molecule has 0 aliphatic carbocycles. The van der Waals surface area contributed by atoms with Crippen molar-refractivity contribution in [3.05, 3.63) is 40.1 Å². The SMILES string of the molecule is O=[N+]([O-])c1ccc2c(c1)c(C1=CCOCC1)n[n]2[Tl]. The summed E-state index contributed by atoms with van der Waals surface area (Å²) in [7, 11) is 0. The first-order valence-electron chi connectivity index (χ1n) is 5.86. The van der Waals surface area contributed by atoms with Crippen LogP contribution in [0.3, 0.4) is 0 Å². The first-order chi connectivity index (χ1) is 9.16. The van der Waals surface area contributed by atoms with E-state index in [4.69, 9.17) is 4.74 Å². The summed E-state index contributed by atoms with van der Waals surface area (Å²) in [6, 6.07) is 4.93. The van der Waals surface area contributed by atoms with Crippen molar-refractivity contribution in [3.63, 3.8) is 0 Å². The summed E-state index contributed by atoms with van der Waals surface area (Å²) in [5, 5.41) is 16.3. The molecular formula is C12H10N3O3Tl. The molecule has 2 heterocycles. The summed E-state index contributed by atoms with van der Waals surface area (Å²) >= 11 is 0.531. The van der Waals surface area contributed by atoms with Crippen LogP contribution in [-0.2, 0) is 4.74 Å². The zero-order chi connectivity index (χ0) is 13.4. The van der Waals surface area contributed by atoms with Gasteiger partial charge in [-0.3, -0.25) is 0 Å². The molecule has 3 rings (SSSR count). The Kier molecular flexibility index (Phi) is 3.35. The average Bonchev–Trinajstić information content (AvgIpc) is 2.77. The van der Waals surface area contributed by atoms with Crippen LogP contribution < -0.4 is 0 Å². The number of hydrogen-bond donors (Lipinski definition) is 0. The zero-order valence-corrected chi connectivity index (χ0v) is 14.6. The van der Waals surface area contributed by atoms with Gasteiger partial charge in [0, 0.05) is 0 Å².